The number of amides is 1. The van der Waals surface area contributed by atoms with Crippen molar-refractivity contribution in [2.24, 2.45) is 0 Å². The van der Waals surface area contributed by atoms with Crippen LogP contribution in [0.3, 0.4) is 0 Å². The van der Waals surface area contributed by atoms with Gasteiger partial charge in [0.05, 0.1) is 6.61 Å². The molecule has 0 aromatic heterocycles. The first-order valence-corrected chi connectivity index (χ1v) is 7.07. The second-order valence-corrected chi connectivity index (χ2v) is 5.35. The molecule has 22 heavy (non-hydrogen) atoms. The van der Waals surface area contributed by atoms with Crippen molar-refractivity contribution >= 4 is 5.91 Å². The molecule has 0 bridgehead atoms. The van der Waals surface area contributed by atoms with Crippen LogP contribution < -0.4 is 0 Å². The summed E-state index contributed by atoms with van der Waals surface area (Å²) in [7, 11) is 0. The van der Waals surface area contributed by atoms with E-state index in [4.69, 9.17) is 4.74 Å². The van der Waals surface area contributed by atoms with Gasteiger partial charge < -0.3 is 30.1 Å². The van der Waals surface area contributed by atoms with Gasteiger partial charge in [0.15, 0.2) is 6.23 Å². The summed E-state index contributed by atoms with van der Waals surface area (Å²) in [5.74, 6) is -0.354. The Morgan fingerprint density at radius 2 is 1.77 bits per heavy atom. The molecule has 7 heteroatoms. The molecule has 1 heterocycles. The maximum atomic E-state index is 11.9. The molecule has 1 aliphatic heterocycles. The number of carbonyl (C=O) groups is 1. The molecular weight excluding hydrogens is 290 g/mol. The maximum Gasteiger partial charge on any atom is 0.221 e. The topological polar surface area (TPSA) is 110 Å². The van der Waals surface area contributed by atoms with E-state index in [0.717, 1.165) is 5.56 Å². The van der Waals surface area contributed by atoms with Gasteiger partial charge in [-0.25, -0.2) is 0 Å². The van der Waals surface area contributed by atoms with Gasteiger partial charge in [0.1, 0.15) is 24.4 Å². The van der Waals surface area contributed by atoms with Crippen molar-refractivity contribution < 1.29 is 30.0 Å². The lowest BCUT2D eigenvalue weighted by atomic mass is 9.97. The van der Waals surface area contributed by atoms with Gasteiger partial charge in [0.2, 0.25) is 5.91 Å². The Labute approximate surface area is 128 Å². The summed E-state index contributed by atoms with van der Waals surface area (Å²) < 4.78 is 5.42. The second-order valence-electron chi connectivity index (χ2n) is 5.35. The summed E-state index contributed by atoms with van der Waals surface area (Å²) in [4.78, 5) is 13.2. The van der Waals surface area contributed by atoms with Crippen molar-refractivity contribution in [1.29, 1.82) is 0 Å². The average molecular weight is 311 g/mol. The SMILES string of the molecule is CC(=O)N(Cc1ccccc1)C1O[C@H](CO)[C@@H](O)[C@H](O)[C@H]1O. The lowest BCUT2D eigenvalue weighted by Crippen LogP contribution is -2.63. The molecule has 122 valence electrons. The summed E-state index contributed by atoms with van der Waals surface area (Å²) in [6.45, 7) is 0.974. The van der Waals surface area contributed by atoms with Gasteiger partial charge in [0.25, 0.3) is 0 Å². The van der Waals surface area contributed by atoms with Crippen molar-refractivity contribution in [2.45, 2.75) is 44.1 Å². The van der Waals surface area contributed by atoms with E-state index in [0.29, 0.717) is 0 Å². The van der Waals surface area contributed by atoms with Crippen molar-refractivity contribution in [1.82, 2.24) is 4.90 Å². The first kappa shape index (κ1) is 16.9. The average Bonchev–Trinajstić information content (AvgIpc) is 2.52. The van der Waals surface area contributed by atoms with Gasteiger partial charge in [-0.15, -0.1) is 0 Å². The number of nitrogens with zero attached hydrogens (tertiary/aromatic N) is 1. The molecule has 1 unspecified atom stereocenters. The molecule has 2 rings (SSSR count). The fourth-order valence-corrected chi connectivity index (χ4v) is 2.50. The first-order chi connectivity index (χ1) is 10.5. The molecule has 7 nitrogen and oxygen atoms in total. The van der Waals surface area contributed by atoms with Gasteiger partial charge in [0, 0.05) is 13.5 Å². The fourth-order valence-electron chi connectivity index (χ4n) is 2.50. The van der Waals surface area contributed by atoms with Crippen LogP contribution in [-0.2, 0) is 16.1 Å². The maximum absolute atomic E-state index is 11.9. The van der Waals surface area contributed by atoms with Crippen LogP contribution in [0.25, 0.3) is 0 Å². The van der Waals surface area contributed by atoms with E-state index in [1.165, 1.54) is 11.8 Å². The van der Waals surface area contributed by atoms with Crippen LogP contribution in [0.15, 0.2) is 30.3 Å². The number of hydrogen-bond acceptors (Lipinski definition) is 6. The van der Waals surface area contributed by atoms with E-state index in [1.807, 2.05) is 30.3 Å². The molecule has 0 saturated carbocycles. The number of hydrogen-bond donors (Lipinski definition) is 4. The highest BCUT2D eigenvalue weighted by molar-refractivity contribution is 5.73. The van der Waals surface area contributed by atoms with Crippen LogP contribution in [0.5, 0.6) is 0 Å². The Kier molecular flexibility index (Phi) is 5.49. The molecule has 1 saturated heterocycles. The molecule has 1 aromatic rings. The Balaban J connectivity index is 2.21. The lowest BCUT2D eigenvalue weighted by Gasteiger charge is -2.44. The van der Waals surface area contributed by atoms with Crippen molar-refractivity contribution in [3.8, 4) is 0 Å². The zero-order valence-corrected chi connectivity index (χ0v) is 12.2. The summed E-state index contributed by atoms with van der Waals surface area (Å²) in [5, 5.41) is 38.9. The minimum Gasteiger partial charge on any atom is -0.394 e. The predicted molar refractivity (Wildman–Crippen MR) is 76.4 cm³/mol. The van der Waals surface area contributed by atoms with E-state index in [2.05, 4.69) is 0 Å². The summed E-state index contributed by atoms with van der Waals surface area (Å²) in [6, 6.07) is 9.12. The highest BCUT2D eigenvalue weighted by atomic mass is 16.6. The molecule has 1 aromatic carbocycles. The largest absolute Gasteiger partial charge is 0.394 e. The Morgan fingerprint density at radius 3 is 2.32 bits per heavy atom. The minimum absolute atomic E-state index is 0.179. The van der Waals surface area contributed by atoms with E-state index in [9.17, 15) is 25.2 Å². The third kappa shape index (κ3) is 3.45. The molecule has 1 aliphatic rings. The Hall–Kier alpha value is -1.51. The smallest absolute Gasteiger partial charge is 0.221 e. The van der Waals surface area contributed by atoms with E-state index in [-0.39, 0.29) is 12.5 Å². The van der Waals surface area contributed by atoms with Crippen molar-refractivity contribution in [3.05, 3.63) is 35.9 Å². The zero-order valence-electron chi connectivity index (χ0n) is 12.2. The van der Waals surface area contributed by atoms with Gasteiger partial charge >= 0.3 is 0 Å². The number of rotatable bonds is 4. The molecule has 1 fully saturated rings. The molecule has 5 atom stereocenters. The fraction of sp³-hybridized carbons (Fsp3) is 0.533. The highest BCUT2D eigenvalue weighted by Crippen LogP contribution is 2.25. The summed E-state index contributed by atoms with van der Waals surface area (Å²) in [6.07, 6.45) is -6.60. The molecule has 0 spiro atoms. The predicted octanol–water partition coefficient (Wildman–Crippen LogP) is -1.17. The summed E-state index contributed by atoms with van der Waals surface area (Å²) in [5.41, 5.74) is 0.828. The quantitative estimate of drug-likeness (QED) is 0.558. The summed E-state index contributed by atoms with van der Waals surface area (Å²) >= 11 is 0. The molecule has 0 radical (unpaired) electrons. The van der Waals surface area contributed by atoms with Crippen LogP contribution in [-0.4, -0.2) is 68.5 Å². The standard InChI is InChI=1S/C15H21NO6/c1-9(18)16(7-10-5-3-2-4-6-10)15-14(21)13(20)12(19)11(8-17)22-15/h2-6,11-15,17,19-21H,7-8H2,1H3/t11-,12-,13+,14-,15?/m1/s1. The van der Waals surface area contributed by atoms with Crippen LogP contribution in [0, 0.1) is 0 Å². The second kappa shape index (κ2) is 7.17. The molecule has 4 N–H and O–H groups in total. The number of ether oxygens (including phenoxy) is 1. The normalized spacial score (nSPS) is 31.8. The number of aliphatic hydroxyl groups is 4. The highest BCUT2D eigenvalue weighted by Gasteiger charge is 2.46. The monoisotopic (exact) mass is 311 g/mol. The van der Waals surface area contributed by atoms with E-state index >= 15 is 0 Å². The Morgan fingerprint density at radius 1 is 1.14 bits per heavy atom. The molecule has 1 amide bonds. The lowest BCUT2D eigenvalue weighted by molar-refractivity contribution is -0.263. The Bertz CT molecular complexity index is 494. The number of aliphatic hydroxyl groups excluding tert-OH is 4. The van der Waals surface area contributed by atoms with Gasteiger partial charge in [-0.05, 0) is 5.56 Å². The third-order valence-corrected chi connectivity index (χ3v) is 3.77. The number of carbonyl (C=O) groups excluding carboxylic acids is 1. The van der Waals surface area contributed by atoms with E-state index < -0.39 is 37.3 Å². The van der Waals surface area contributed by atoms with Crippen LogP contribution in [0.1, 0.15) is 12.5 Å². The number of benzene rings is 1. The molecular formula is C15H21NO6. The van der Waals surface area contributed by atoms with Gasteiger partial charge in [-0.2, -0.15) is 0 Å². The minimum atomic E-state index is -1.51. The van der Waals surface area contributed by atoms with Crippen molar-refractivity contribution in [3.63, 3.8) is 0 Å². The van der Waals surface area contributed by atoms with E-state index in [1.54, 1.807) is 0 Å². The van der Waals surface area contributed by atoms with Crippen LogP contribution >= 0.6 is 0 Å². The zero-order chi connectivity index (χ0) is 16.3. The van der Waals surface area contributed by atoms with Crippen LogP contribution in [0.4, 0.5) is 0 Å². The van der Waals surface area contributed by atoms with Crippen LogP contribution in [0.2, 0.25) is 0 Å². The van der Waals surface area contributed by atoms with Gasteiger partial charge in [-0.3, -0.25) is 4.79 Å². The third-order valence-electron chi connectivity index (χ3n) is 3.77. The molecule has 0 aliphatic carbocycles. The first-order valence-electron chi connectivity index (χ1n) is 7.07. The van der Waals surface area contributed by atoms with Gasteiger partial charge in [-0.1, -0.05) is 30.3 Å². The van der Waals surface area contributed by atoms with Crippen molar-refractivity contribution in [2.75, 3.05) is 6.61 Å².